The molecule has 39 heavy (non-hydrogen) atoms. The van der Waals surface area contributed by atoms with Crippen molar-refractivity contribution in [3.63, 3.8) is 0 Å². The molecule has 5 saturated carbocycles. The lowest BCUT2D eigenvalue weighted by atomic mass is 9.69. The van der Waals surface area contributed by atoms with Gasteiger partial charge in [0, 0.05) is 17.3 Å². The topological polar surface area (TPSA) is 51.2 Å². The average molecular weight is 529 g/mol. The third-order valence-electron chi connectivity index (χ3n) is 11.8. The molecular formula is C36H48O3. The summed E-state index contributed by atoms with van der Waals surface area (Å²) >= 11 is 0. The second-order valence-electron chi connectivity index (χ2n) is 13.5. The third-order valence-corrected chi connectivity index (χ3v) is 11.8. The summed E-state index contributed by atoms with van der Waals surface area (Å²) in [5.74, 6) is 4.17. The summed E-state index contributed by atoms with van der Waals surface area (Å²) < 4.78 is 0. The molecule has 6 aliphatic rings. The van der Waals surface area contributed by atoms with Crippen LogP contribution < -0.4 is 0 Å². The van der Waals surface area contributed by atoms with Gasteiger partial charge in [0.15, 0.2) is 0 Å². The van der Waals surface area contributed by atoms with Gasteiger partial charge in [0.05, 0.1) is 0 Å². The van der Waals surface area contributed by atoms with Gasteiger partial charge in [-0.25, -0.2) is 0 Å². The largest absolute Gasteiger partial charge is 0.303 e. The molecule has 0 aliphatic heterocycles. The quantitative estimate of drug-likeness (QED) is 0.190. The van der Waals surface area contributed by atoms with Gasteiger partial charge in [0.1, 0.15) is 18.9 Å². The fourth-order valence-corrected chi connectivity index (χ4v) is 8.87. The third kappa shape index (κ3) is 5.19. The molecular weight excluding hydrogens is 480 g/mol. The summed E-state index contributed by atoms with van der Waals surface area (Å²) in [5.41, 5.74) is 4.49. The molecule has 3 heteroatoms. The lowest BCUT2D eigenvalue weighted by Crippen LogP contribution is -2.26. The number of allylic oxidation sites excluding steroid dienone is 9. The first-order chi connectivity index (χ1) is 18.5. The van der Waals surface area contributed by atoms with Crippen molar-refractivity contribution in [3.05, 3.63) is 72.9 Å². The van der Waals surface area contributed by atoms with Crippen molar-refractivity contribution in [3.8, 4) is 0 Å². The van der Waals surface area contributed by atoms with Crippen LogP contribution in [0.3, 0.4) is 0 Å². The first kappa shape index (κ1) is 29.4. The maximum absolute atomic E-state index is 10.4. The predicted octanol–water partition coefficient (Wildman–Crippen LogP) is 8.20. The molecule has 9 atom stereocenters. The Morgan fingerprint density at radius 1 is 0.744 bits per heavy atom. The SMILES string of the molecule is C=C1[C@@H]2C=C[C@@H](C2)[C@@]1(C)/C=C/C=O.C=C1[C@@H]2CC[C@@H](C2)[C@@]1(C)/C=C/C=O.C=C1[C@@H]2CC[C@@H](C2)[C@@]1(C)CCC=O. The Labute approximate surface area is 236 Å². The van der Waals surface area contributed by atoms with Gasteiger partial charge in [-0.05, 0) is 104 Å². The summed E-state index contributed by atoms with van der Waals surface area (Å²) in [5, 5.41) is 0. The second-order valence-corrected chi connectivity index (χ2v) is 13.5. The maximum Gasteiger partial charge on any atom is 0.142 e. The number of carbonyl (C=O) groups is 3. The smallest absolute Gasteiger partial charge is 0.142 e. The molecule has 6 aliphatic carbocycles. The lowest BCUT2D eigenvalue weighted by molar-refractivity contribution is -0.108. The number of hydrogen-bond donors (Lipinski definition) is 0. The number of rotatable bonds is 7. The lowest BCUT2D eigenvalue weighted by Gasteiger charge is -2.35. The van der Waals surface area contributed by atoms with Crippen molar-refractivity contribution in [1.82, 2.24) is 0 Å². The van der Waals surface area contributed by atoms with Crippen LogP contribution in [0.25, 0.3) is 0 Å². The predicted molar refractivity (Wildman–Crippen MR) is 160 cm³/mol. The monoisotopic (exact) mass is 528 g/mol. The van der Waals surface area contributed by atoms with Crippen molar-refractivity contribution in [1.29, 1.82) is 0 Å². The van der Waals surface area contributed by atoms with E-state index in [1.54, 1.807) is 12.2 Å². The van der Waals surface area contributed by atoms with E-state index in [9.17, 15) is 14.4 Å². The molecule has 0 radical (unpaired) electrons. The Bertz CT molecular complexity index is 1110. The van der Waals surface area contributed by atoms with E-state index in [2.05, 4.69) is 52.7 Å². The van der Waals surface area contributed by atoms with Gasteiger partial charge in [0.25, 0.3) is 0 Å². The molecule has 0 aromatic heterocycles. The van der Waals surface area contributed by atoms with Crippen LogP contribution in [0.15, 0.2) is 72.9 Å². The van der Waals surface area contributed by atoms with Crippen LogP contribution in [0.1, 0.15) is 78.6 Å². The summed E-state index contributed by atoms with van der Waals surface area (Å²) in [6.45, 7) is 19.2. The summed E-state index contributed by atoms with van der Waals surface area (Å²) in [4.78, 5) is 31.0. The van der Waals surface area contributed by atoms with Crippen molar-refractivity contribution < 1.29 is 14.4 Å². The Morgan fingerprint density at radius 2 is 1.33 bits per heavy atom. The highest BCUT2D eigenvalue weighted by Crippen LogP contribution is 2.61. The number of aldehydes is 3. The van der Waals surface area contributed by atoms with Crippen molar-refractivity contribution >= 4 is 18.9 Å². The minimum atomic E-state index is 0.0281. The van der Waals surface area contributed by atoms with E-state index in [0.717, 1.165) is 49.0 Å². The minimum Gasteiger partial charge on any atom is -0.303 e. The molecule has 0 unspecified atom stereocenters. The summed E-state index contributed by atoms with van der Waals surface area (Å²) in [7, 11) is 0. The molecule has 6 rings (SSSR count). The van der Waals surface area contributed by atoms with Crippen LogP contribution in [-0.4, -0.2) is 18.9 Å². The number of fused-ring (bicyclic) bond motifs is 6. The van der Waals surface area contributed by atoms with E-state index in [1.165, 1.54) is 61.7 Å². The average Bonchev–Trinajstić information content (AvgIpc) is 3.78. The zero-order valence-corrected chi connectivity index (χ0v) is 24.4. The zero-order chi connectivity index (χ0) is 28.4. The highest BCUT2D eigenvalue weighted by Gasteiger charge is 2.50. The van der Waals surface area contributed by atoms with E-state index in [-0.39, 0.29) is 10.8 Å². The van der Waals surface area contributed by atoms with E-state index >= 15 is 0 Å². The summed E-state index contributed by atoms with van der Waals surface area (Å²) in [6.07, 6.45) is 25.4. The molecule has 0 spiro atoms. The van der Waals surface area contributed by atoms with Crippen LogP contribution in [0.2, 0.25) is 0 Å². The fourth-order valence-electron chi connectivity index (χ4n) is 8.87. The Balaban J connectivity index is 0.000000136. The van der Waals surface area contributed by atoms with Crippen LogP contribution in [-0.2, 0) is 14.4 Å². The Morgan fingerprint density at radius 3 is 1.82 bits per heavy atom. The molecule has 210 valence electrons. The van der Waals surface area contributed by atoms with Crippen LogP contribution in [0.4, 0.5) is 0 Å². The van der Waals surface area contributed by atoms with Gasteiger partial charge in [-0.15, -0.1) is 0 Å². The number of hydrogen-bond acceptors (Lipinski definition) is 3. The van der Waals surface area contributed by atoms with Crippen molar-refractivity contribution in [2.24, 2.45) is 51.8 Å². The number of carbonyl (C=O) groups excluding carboxylic acids is 3. The zero-order valence-electron chi connectivity index (χ0n) is 24.4. The molecule has 6 bridgehead atoms. The van der Waals surface area contributed by atoms with Crippen LogP contribution >= 0.6 is 0 Å². The Kier molecular flexibility index (Phi) is 8.69. The molecule has 0 aromatic rings. The van der Waals surface area contributed by atoms with Crippen LogP contribution in [0.5, 0.6) is 0 Å². The standard InChI is InChI=1S/C12H18O.C12H16O.C12H14O/c3*1-9-10-4-5-11(8-10)12(9,2)6-3-7-13/h7,10-11H,1,3-6,8H2,2H3;3,6-7,10-11H,1,4-5,8H2,2H3;3-7,10-11H,1,8H2,2H3/b;2*6-3+/t3*10-,11+,12+/m111/s1. The molecule has 3 nitrogen and oxygen atoms in total. The van der Waals surface area contributed by atoms with Gasteiger partial charge >= 0.3 is 0 Å². The molecule has 5 fully saturated rings. The molecule has 0 heterocycles. The van der Waals surface area contributed by atoms with Gasteiger partial charge in [0.2, 0.25) is 0 Å². The fraction of sp³-hybridized carbons (Fsp3) is 0.583. The van der Waals surface area contributed by atoms with E-state index in [1.807, 2.05) is 12.2 Å². The molecule has 0 amide bonds. The molecule has 0 aromatic carbocycles. The highest BCUT2D eigenvalue weighted by molar-refractivity contribution is 5.66. The van der Waals surface area contributed by atoms with E-state index in [0.29, 0.717) is 23.7 Å². The van der Waals surface area contributed by atoms with Crippen LogP contribution in [0, 0.1) is 51.8 Å². The van der Waals surface area contributed by atoms with E-state index < -0.39 is 0 Å². The second kappa shape index (κ2) is 11.5. The maximum atomic E-state index is 10.4. The minimum absolute atomic E-state index is 0.0281. The highest BCUT2D eigenvalue weighted by atomic mass is 16.1. The van der Waals surface area contributed by atoms with Gasteiger partial charge in [-0.1, -0.05) is 81.5 Å². The first-order valence-corrected chi connectivity index (χ1v) is 15.0. The normalized spacial score (nSPS) is 42.7. The van der Waals surface area contributed by atoms with Crippen molar-refractivity contribution in [2.75, 3.05) is 0 Å². The Hall–Kier alpha value is -2.55. The first-order valence-electron chi connectivity index (χ1n) is 15.0. The van der Waals surface area contributed by atoms with Gasteiger partial charge in [-0.3, -0.25) is 9.59 Å². The summed E-state index contributed by atoms with van der Waals surface area (Å²) in [6, 6.07) is 0. The molecule has 0 saturated heterocycles. The van der Waals surface area contributed by atoms with E-state index in [4.69, 9.17) is 0 Å². The van der Waals surface area contributed by atoms with Crippen molar-refractivity contribution in [2.45, 2.75) is 78.6 Å². The van der Waals surface area contributed by atoms with Gasteiger partial charge < -0.3 is 4.79 Å². The molecule has 0 N–H and O–H groups in total. The van der Waals surface area contributed by atoms with Gasteiger partial charge in [-0.2, -0.15) is 0 Å².